The molecule has 0 aromatic carbocycles. The maximum atomic E-state index is 12.0. The summed E-state index contributed by atoms with van der Waals surface area (Å²) < 4.78 is 0. The first-order chi connectivity index (χ1) is 12.3. The van der Waals surface area contributed by atoms with E-state index in [0.29, 0.717) is 36.4 Å². The second-order valence-electron chi connectivity index (χ2n) is 6.58. The topological polar surface area (TPSA) is 78.4 Å². The van der Waals surface area contributed by atoms with Gasteiger partial charge in [0.15, 0.2) is 5.16 Å². The van der Waals surface area contributed by atoms with Gasteiger partial charge in [-0.15, -0.1) is 0 Å². The fourth-order valence-corrected chi connectivity index (χ4v) is 3.74. The summed E-state index contributed by atoms with van der Waals surface area (Å²) in [6, 6.07) is 1.93. The standard InChI is InChI=1S/C17H26ClN5O2S/c1-5-16(25)23-7-6-22(9-12(23)4)14-8-13(18)20-17(21-14)26-10-15(24)19-11(2)3/h8,11-12H,5-7,9-10H2,1-4H3,(H,19,24). The molecule has 2 heterocycles. The third-order valence-electron chi connectivity index (χ3n) is 4.02. The molecule has 0 bridgehead atoms. The number of anilines is 1. The smallest absolute Gasteiger partial charge is 0.230 e. The van der Waals surface area contributed by atoms with Gasteiger partial charge in [-0.3, -0.25) is 9.59 Å². The Balaban J connectivity index is 2.03. The maximum absolute atomic E-state index is 12.0. The van der Waals surface area contributed by atoms with Gasteiger partial charge in [0.05, 0.1) is 5.75 Å². The minimum atomic E-state index is -0.0598. The molecule has 0 aliphatic carbocycles. The zero-order chi connectivity index (χ0) is 19.3. The molecule has 26 heavy (non-hydrogen) atoms. The van der Waals surface area contributed by atoms with Crippen LogP contribution in [-0.4, -0.2) is 64.2 Å². The van der Waals surface area contributed by atoms with Crippen molar-refractivity contribution in [1.82, 2.24) is 20.2 Å². The number of piperazine rings is 1. The summed E-state index contributed by atoms with van der Waals surface area (Å²) in [5.74, 6) is 1.08. The number of rotatable bonds is 6. The molecule has 2 rings (SSSR count). The van der Waals surface area contributed by atoms with Crippen LogP contribution in [0.3, 0.4) is 0 Å². The van der Waals surface area contributed by atoms with Gasteiger partial charge < -0.3 is 15.1 Å². The molecular formula is C17H26ClN5O2S. The van der Waals surface area contributed by atoms with Crippen LogP contribution in [0.25, 0.3) is 0 Å². The molecule has 1 fully saturated rings. The van der Waals surface area contributed by atoms with Crippen LogP contribution >= 0.6 is 23.4 Å². The second kappa shape index (κ2) is 9.41. The van der Waals surface area contributed by atoms with Gasteiger partial charge in [-0.1, -0.05) is 30.3 Å². The summed E-state index contributed by atoms with van der Waals surface area (Å²) in [6.45, 7) is 9.80. The third kappa shape index (κ3) is 5.74. The molecule has 1 aromatic rings. The molecule has 1 atom stereocenters. The lowest BCUT2D eigenvalue weighted by Gasteiger charge is -2.40. The molecule has 144 valence electrons. The fourth-order valence-electron chi connectivity index (χ4n) is 2.85. The molecule has 7 nitrogen and oxygen atoms in total. The van der Waals surface area contributed by atoms with Gasteiger partial charge >= 0.3 is 0 Å². The van der Waals surface area contributed by atoms with Crippen molar-refractivity contribution in [1.29, 1.82) is 0 Å². The van der Waals surface area contributed by atoms with Gasteiger partial charge in [0.1, 0.15) is 11.0 Å². The Labute approximate surface area is 163 Å². The lowest BCUT2D eigenvalue weighted by Crippen LogP contribution is -2.54. The Morgan fingerprint density at radius 3 is 2.73 bits per heavy atom. The molecule has 2 amide bonds. The van der Waals surface area contributed by atoms with Gasteiger partial charge in [0.2, 0.25) is 11.8 Å². The Morgan fingerprint density at radius 1 is 1.38 bits per heavy atom. The summed E-state index contributed by atoms with van der Waals surface area (Å²) in [5.41, 5.74) is 0. The molecular weight excluding hydrogens is 374 g/mol. The summed E-state index contributed by atoms with van der Waals surface area (Å²) in [5, 5.41) is 3.66. The van der Waals surface area contributed by atoms with E-state index < -0.39 is 0 Å². The van der Waals surface area contributed by atoms with Crippen molar-refractivity contribution in [3.05, 3.63) is 11.2 Å². The number of carbonyl (C=O) groups excluding carboxylic acids is 2. The van der Waals surface area contributed by atoms with E-state index in [1.165, 1.54) is 11.8 Å². The first-order valence-electron chi connectivity index (χ1n) is 8.81. The lowest BCUT2D eigenvalue weighted by atomic mass is 10.1. The van der Waals surface area contributed by atoms with Gasteiger partial charge in [-0.25, -0.2) is 9.97 Å². The van der Waals surface area contributed by atoms with Crippen LogP contribution in [0.5, 0.6) is 0 Å². The number of hydrogen-bond donors (Lipinski definition) is 1. The van der Waals surface area contributed by atoms with Crippen LogP contribution in [0.2, 0.25) is 5.15 Å². The first kappa shape index (κ1) is 20.8. The zero-order valence-corrected chi connectivity index (χ0v) is 17.2. The normalized spacial score (nSPS) is 17.5. The van der Waals surface area contributed by atoms with Gasteiger partial charge in [-0.2, -0.15) is 0 Å². The van der Waals surface area contributed by atoms with Crippen molar-refractivity contribution in [2.45, 2.75) is 51.4 Å². The highest BCUT2D eigenvalue weighted by molar-refractivity contribution is 7.99. The Morgan fingerprint density at radius 2 is 2.12 bits per heavy atom. The van der Waals surface area contributed by atoms with Crippen molar-refractivity contribution >= 4 is 41.0 Å². The first-order valence-corrected chi connectivity index (χ1v) is 10.2. The summed E-state index contributed by atoms with van der Waals surface area (Å²) in [4.78, 5) is 36.5. The van der Waals surface area contributed by atoms with Crippen LogP contribution in [0, 0.1) is 0 Å². The van der Waals surface area contributed by atoms with Crippen molar-refractivity contribution in [3.8, 4) is 0 Å². The van der Waals surface area contributed by atoms with Crippen LogP contribution in [-0.2, 0) is 9.59 Å². The van der Waals surface area contributed by atoms with Crippen LogP contribution in [0.4, 0.5) is 5.82 Å². The molecule has 0 spiro atoms. The van der Waals surface area contributed by atoms with E-state index in [2.05, 4.69) is 20.2 Å². The van der Waals surface area contributed by atoms with Gasteiger partial charge in [-0.05, 0) is 20.8 Å². The Hall–Kier alpha value is -1.54. The number of carbonyl (C=O) groups is 2. The summed E-state index contributed by atoms with van der Waals surface area (Å²) >= 11 is 7.41. The SMILES string of the molecule is CCC(=O)N1CCN(c2cc(Cl)nc(SCC(=O)NC(C)C)n2)CC1C. The quantitative estimate of drug-likeness (QED) is 0.449. The van der Waals surface area contributed by atoms with E-state index in [1.807, 2.05) is 32.6 Å². The predicted octanol–water partition coefficient (Wildman–Crippen LogP) is 2.19. The Bertz CT molecular complexity index is 658. The molecule has 0 saturated carbocycles. The highest BCUT2D eigenvalue weighted by atomic mass is 35.5. The number of halogens is 1. The highest BCUT2D eigenvalue weighted by Crippen LogP contribution is 2.24. The average molecular weight is 400 g/mol. The van der Waals surface area contributed by atoms with E-state index in [9.17, 15) is 9.59 Å². The molecule has 1 N–H and O–H groups in total. The van der Waals surface area contributed by atoms with E-state index in [4.69, 9.17) is 11.6 Å². The monoisotopic (exact) mass is 399 g/mol. The van der Waals surface area contributed by atoms with E-state index in [0.717, 1.165) is 5.82 Å². The largest absolute Gasteiger partial charge is 0.353 e. The number of nitrogens with zero attached hydrogens (tertiary/aromatic N) is 4. The molecule has 1 aliphatic rings. The highest BCUT2D eigenvalue weighted by Gasteiger charge is 2.27. The molecule has 9 heteroatoms. The number of amides is 2. The molecule has 1 aliphatic heterocycles. The maximum Gasteiger partial charge on any atom is 0.230 e. The van der Waals surface area contributed by atoms with Crippen molar-refractivity contribution < 1.29 is 9.59 Å². The van der Waals surface area contributed by atoms with Gasteiger partial charge in [0.25, 0.3) is 0 Å². The minimum Gasteiger partial charge on any atom is -0.353 e. The van der Waals surface area contributed by atoms with Crippen LogP contribution in [0.15, 0.2) is 11.2 Å². The van der Waals surface area contributed by atoms with Crippen molar-refractivity contribution in [2.24, 2.45) is 0 Å². The minimum absolute atomic E-state index is 0.0598. The van der Waals surface area contributed by atoms with Gasteiger partial charge in [0, 0.05) is 44.2 Å². The molecule has 0 radical (unpaired) electrons. The van der Waals surface area contributed by atoms with Crippen LogP contribution in [0.1, 0.15) is 34.1 Å². The molecule has 1 aromatic heterocycles. The zero-order valence-electron chi connectivity index (χ0n) is 15.7. The molecule has 1 unspecified atom stereocenters. The van der Waals surface area contributed by atoms with E-state index in [1.54, 1.807) is 6.07 Å². The predicted molar refractivity (Wildman–Crippen MR) is 105 cm³/mol. The number of thioether (sulfide) groups is 1. The number of hydrogen-bond acceptors (Lipinski definition) is 6. The second-order valence-corrected chi connectivity index (χ2v) is 7.91. The molecule has 1 saturated heterocycles. The third-order valence-corrected chi connectivity index (χ3v) is 5.06. The average Bonchev–Trinajstić information content (AvgIpc) is 2.58. The number of nitrogens with one attached hydrogen (secondary N) is 1. The lowest BCUT2D eigenvalue weighted by molar-refractivity contribution is -0.133. The van der Waals surface area contributed by atoms with Crippen LogP contribution < -0.4 is 10.2 Å². The van der Waals surface area contributed by atoms with E-state index in [-0.39, 0.29) is 29.7 Å². The summed E-state index contributed by atoms with van der Waals surface area (Å²) in [6.07, 6.45) is 0.517. The number of aromatic nitrogens is 2. The van der Waals surface area contributed by atoms with E-state index >= 15 is 0 Å². The fraction of sp³-hybridized carbons (Fsp3) is 0.647. The van der Waals surface area contributed by atoms with Crippen molar-refractivity contribution in [3.63, 3.8) is 0 Å². The summed E-state index contributed by atoms with van der Waals surface area (Å²) in [7, 11) is 0. The van der Waals surface area contributed by atoms with Crippen molar-refractivity contribution in [2.75, 3.05) is 30.3 Å². The Kier molecular flexibility index (Phi) is 7.52.